The van der Waals surface area contributed by atoms with Gasteiger partial charge in [-0.1, -0.05) is 0 Å². The summed E-state index contributed by atoms with van der Waals surface area (Å²) < 4.78 is 0. The molecule has 22 heavy (non-hydrogen) atoms. The second-order valence-corrected chi connectivity index (χ2v) is 5.92. The predicted molar refractivity (Wildman–Crippen MR) is 103 cm³/mol. The molecule has 1 unspecified atom stereocenters. The molecule has 0 aliphatic rings. The molecular weight excluding hydrogens is 339 g/mol. The van der Waals surface area contributed by atoms with Crippen LogP contribution in [0, 0.1) is 0 Å². The number of nitrogens with two attached hydrogens (primary N) is 2. The molecule has 2 aromatic rings. The molecule has 1 heterocycles. The van der Waals surface area contributed by atoms with Gasteiger partial charge in [-0.15, -0.1) is 24.8 Å². The van der Waals surface area contributed by atoms with Crippen molar-refractivity contribution in [1.82, 2.24) is 10.2 Å². The fraction of sp³-hybridized carbons (Fsp3) is 0.333. The summed E-state index contributed by atoms with van der Waals surface area (Å²) in [5, 5.41) is 7.78. The second-order valence-electron chi connectivity index (χ2n) is 5.18. The van der Waals surface area contributed by atoms with Crippen molar-refractivity contribution in [3.05, 3.63) is 34.5 Å². The minimum atomic E-state index is 0. The van der Waals surface area contributed by atoms with Crippen molar-refractivity contribution in [2.45, 2.75) is 19.6 Å². The van der Waals surface area contributed by atoms with Crippen LogP contribution < -0.4 is 16.8 Å². The number of anilines is 2. The Balaban J connectivity index is 0.00000220. The topological polar surface area (TPSA) is 67.3 Å². The van der Waals surface area contributed by atoms with Gasteiger partial charge in [-0.2, -0.15) is 11.3 Å². The molecule has 0 spiro atoms. The first-order valence-corrected chi connectivity index (χ1v) is 7.53. The largest absolute Gasteiger partial charge is 0.399 e. The van der Waals surface area contributed by atoms with Crippen LogP contribution in [-0.2, 0) is 6.54 Å². The lowest BCUT2D eigenvalue weighted by Gasteiger charge is -2.21. The Hall–Kier alpha value is -0.980. The van der Waals surface area contributed by atoms with E-state index in [0.717, 1.165) is 23.5 Å². The van der Waals surface area contributed by atoms with Crippen LogP contribution in [0.1, 0.15) is 12.5 Å². The van der Waals surface area contributed by atoms with Crippen molar-refractivity contribution in [2.75, 3.05) is 25.6 Å². The summed E-state index contributed by atoms with van der Waals surface area (Å²) in [6.07, 6.45) is 0.320. The fourth-order valence-electron chi connectivity index (χ4n) is 1.94. The smallest absolute Gasteiger partial charge is 0.0565 e. The van der Waals surface area contributed by atoms with Crippen LogP contribution >= 0.6 is 36.2 Å². The highest BCUT2D eigenvalue weighted by atomic mass is 35.5. The molecular formula is C15H24Cl2N4S. The Morgan fingerprint density at radius 1 is 1.14 bits per heavy atom. The summed E-state index contributed by atoms with van der Waals surface area (Å²) in [6, 6.07) is 5.63. The van der Waals surface area contributed by atoms with Crippen LogP contribution in [0.2, 0.25) is 0 Å². The number of nitrogens with one attached hydrogen (secondary N) is 1. The number of hydrogen-bond acceptors (Lipinski definition) is 5. The van der Waals surface area contributed by atoms with Gasteiger partial charge >= 0.3 is 0 Å². The Kier molecular flexibility index (Phi) is 8.81. The minimum Gasteiger partial charge on any atom is -0.399 e. The maximum Gasteiger partial charge on any atom is 0.0565 e. The molecule has 0 saturated heterocycles. The van der Waals surface area contributed by atoms with Gasteiger partial charge < -0.3 is 11.5 Å². The van der Waals surface area contributed by atoms with E-state index >= 15 is 0 Å². The lowest BCUT2D eigenvalue weighted by atomic mass is 10.0. The molecule has 4 nitrogen and oxygen atoms in total. The van der Waals surface area contributed by atoms with Gasteiger partial charge in [0.1, 0.15) is 0 Å². The third-order valence-corrected chi connectivity index (χ3v) is 4.26. The number of nitrogens with zero attached hydrogens (tertiary/aromatic N) is 1. The van der Waals surface area contributed by atoms with Gasteiger partial charge in [0.2, 0.25) is 0 Å². The van der Waals surface area contributed by atoms with Gasteiger partial charge in [0.05, 0.1) is 6.17 Å². The van der Waals surface area contributed by atoms with Gasteiger partial charge in [0, 0.05) is 23.5 Å². The van der Waals surface area contributed by atoms with E-state index in [0.29, 0.717) is 6.17 Å². The molecule has 1 atom stereocenters. The van der Waals surface area contributed by atoms with Gasteiger partial charge in [0.15, 0.2) is 0 Å². The Morgan fingerprint density at radius 3 is 2.45 bits per heavy atom. The zero-order valence-corrected chi connectivity index (χ0v) is 15.4. The standard InChI is InChI=1S/C15H22N4S.2ClH/c1-10(19(2)3)18-7-11-8-20-9-14(11)13-6-12(16)4-5-15(13)17;;/h4-6,8-10,18H,7,16-17H2,1-3H3;2*1H. The van der Waals surface area contributed by atoms with Crippen molar-refractivity contribution >= 4 is 47.5 Å². The van der Waals surface area contributed by atoms with E-state index in [2.05, 4.69) is 42.0 Å². The van der Waals surface area contributed by atoms with E-state index in [1.165, 1.54) is 11.1 Å². The number of benzene rings is 1. The average molecular weight is 363 g/mol. The summed E-state index contributed by atoms with van der Waals surface area (Å²) in [7, 11) is 4.12. The van der Waals surface area contributed by atoms with Crippen LogP contribution in [0.4, 0.5) is 11.4 Å². The van der Waals surface area contributed by atoms with E-state index in [-0.39, 0.29) is 24.8 Å². The summed E-state index contributed by atoms with van der Waals surface area (Å²) in [4.78, 5) is 2.14. The maximum absolute atomic E-state index is 6.07. The van der Waals surface area contributed by atoms with Gasteiger partial charge in [-0.05, 0) is 61.1 Å². The van der Waals surface area contributed by atoms with Crippen molar-refractivity contribution < 1.29 is 0 Å². The first-order chi connectivity index (χ1) is 9.49. The first kappa shape index (κ1) is 21.0. The van der Waals surface area contributed by atoms with Crippen molar-refractivity contribution in [3.8, 4) is 11.1 Å². The third-order valence-electron chi connectivity index (χ3n) is 3.47. The lowest BCUT2D eigenvalue weighted by Crippen LogP contribution is -2.38. The average Bonchev–Trinajstić information content (AvgIpc) is 2.86. The molecule has 5 N–H and O–H groups in total. The normalized spacial score (nSPS) is 11.6. The van der Waals surface area contributed by atoms with Gasteiger partial charge in [0.25, 0.3) is 0 Å². The van der Waals surface area contributed by atoms with Crippen LogP contribution in [0.15, 0.2) is 29.0 Å². The van der Waals surface area contributed by atoms with Crippen LogP contribution in [0.5, 0.6) is 0 Å². The molecule has 1 aromatic carbocycles. The molecule has 0 saturated carbocycles. The summed E-state index contributed by atoms with van der Waals surface area (Å²) in [5.41, 5.74) is 16.9. The Labute approximate surface area is 148 Å². The quantitative estimate of drug-likeness (QED) is 0.563. The molecule has 124 valence electrons. The second kappa shape index (κ2) is 9.22. The molecule has 0 amide bonds. The number of hydrogen-bond donors (Lipinski definition) is 3. The number of rotatable bonds is 5. The molecule has 0 aliphatic heterocycles. The Morgan fingerprint density at radius 2 is 1.82 bits per heavy atom. The van der Waals surface area contributed by atoms with Gasteiger partial charge in [-0.25, -0.2) is 0 Å². The van der Waals surface area contributed by atoms with E-state index in [1.54, 1.807) is 11.3 Å². The van der Waals surface area contributed by atoms with Crippen molar-refractivity contribution in [3.63, 3.8) is 0 Å². The summed E-state index contributed by atoms with van der Waals surface area (Å²) >= 11 is 1.69. The third kappa shape index (κ3) is 5.04. The summed E-state index contributed by atoms with van der Waals surface area (Å²) in [6.45, 7) is 2.95. The molecule has 0 aliphatic carbocycles. The molecule has 0 radical (unpaired) electrons. The molecule has 1 aromatic heterocycles. The highest BCUT2D eigenvalue weighted by Gasteiger charge is 2.11. The predicted octanol–water partition coefficient (Wildman–Crippen LogP) is 3.42. The SMILES string of the molecule is CC(NCc1cscc1-c1cc(N)ccc1N)N(C)C.Cl.Cl. The molecule has 2 rings (SSSR count). The van der Waals surface area contributed by atoms with E-state index in [1.807, 2.05) is 18.2 Å². The zero-order chi connectivity index (χ0) is 14.7. The number of nitrogen functional groups attached to an aromatic ring is 2. The van der Waals surface area contributed by atoms with Crippen LogP contribution in [0.3, 0.4) is 0 Å². The highest BCUT2D eigenvalue weighted by Crippen LogP contribution is 2.33. The molecule has 7 heteroatoms. The number of thiophene rings is 1. The first-order valence-electron chi connectivity index (χ1n) is 6.59. The van der Waals surface area contributed by atoms with Crippen LogP contribution in [0.25, 0.3) is 11.1 Å². The van der Waals surface area contributed by atoms with E-state index in [4.69, 9.17) is 11.5 Å². The van der Waals surface area contributed by atoms with Crippen LogP contribution in [-0.4, -0.2) is 25.2 Å². The summed E-state index contributed by atoms with van der Waals surface area (Å²) in [5.74, 6) is 0. The van der Waals surface area contributed by atoms with E-state index < -0.39 is 0 Å². The monoisotopic (exact) mass is 362 g/mol. The van der Waals surface area contributed by atoms with Crippen molar-refractivity contribution in [1.29, 1.82) is 0 Å². The van der Waals surface area contributed by atoms with Gasteiger partial charge in [-0.3, -0.25) is 10.2 Å². The lowest BCUT2D eigenvalue weighted by molar-refractivity contribution is 0.264. The zero-order valence-electron chi connectivity index (χ0n) is 13.0. The molecule has 0 fully saturated rings. The highest BCUT2D eigenvalue weighted by molar-refractivity contribution is 7.08. The molecule has 0 bridgehead atoms. The number of halogens is 2. The maximum atomic E-state index is 6.07. The van der Waals surface area contributed by atoms with E-state index in [9.17, 15) is 0 Å². The van der Waals surface area contributed by atoms with Crippen molar-refractivity contribution in [2.24, 2.45) is 0 Å². The fourth-order valence-corrected chi connectivity index (χ4v) is 2.80. The Bertz CT molecular complexity index is 587. The minimum absolute atomic E-state index is 0.